The van der Waals surface area contributed by atoms with Gasteiger partial charge in [0.05, 0.1) is 13.2 Å². The van der Waals surface area contributed by atoms with Crippen LogP contribution >= 0.6 is 0 Å². The predicted molar refractivity (Wildman–Crippen MR) is 120 cm³/mol. The molecular weight excluding hydrogens is 392 g/mol. The quantitative estimate of drug-likeness (QED) is 0.629. The summed E-state index contributed by atoms with van der Waals surface area (Å²) in [4.78, 5) is 28.2. The Morgan fingerprint density at radius 1 is 1.16 bits per heavy atom. The van der Waals surface area contributed by atoms with E-state index >= 15 is 0 Å². The van der Waals surface area contributed by atoms with Gasteiger partial charge in [0.15, 0.2) is 0 Å². The topological polar surface area (TPSA) is 67.9 Å². The van der Waals surface area contributed by atoms with Crippen LogP contribution in [0.25, 0.3) is 0 Å². The largest absolute Gasteiger partial charge is 0.497 e. The molecule has 1 aliphatic rings. The number of carbonyl (C=O) groups is 2. The highest BCUT2D eigenvalue weighted by Crippen LogP contribution is 2.26. The summed E-state index contributed by atoms with van der Waals surface area (Å²) in [6, 6.07) is 16.4. The molecule has 6 heteroatoms. The summed E-state index contributed by atoms with van der Waals surface area (Å²) in [5, 5.41) is 3.03. The van der Waals surface area contributed by atoms with E-state index in [1.807, 2.05) is 61.5 Å². The standard InChI is InChI=1S/C25H32N2O4/c1-3-8-23(28)27(18-19-12-14-21(30-2)15-13-19)24(20-9-5-4-6-10-20)25(29)26-17-22-11-7-16-31-22/h4-6,9-10,12-15,22,24H,3,7-8,11,16-18H2,1-2H3,(H,26,29)/t22-,24-/m0/s1. The molecule has 166 valence electrons. The lowest BCUT2D eigenvalue weighted by Gasteiger charge is -2.32. The Morgan fingerprint density at radius 2 is 1.90 bits per heavy atom. The average Bonchev–Trinajstić information content (AvgIpc) is 3.32. The van der Waals surface area contributed by atoms with E-state index in [1.165, 1.54) is 0 Å². The van der Waals surface area contributed by atoms with Gasteiger partial charge >= 0.3 is 0 Å². The van der Waals surface area contributed by atoms with Crippen LogP contribution in [0.2, 0.25) is 0 Å². The van der Waals surface area contributed by atoms with Gasteiger partial charge in [-0.3, -0.25) is 9.59 Å². The molecule has 2 amide bonds. The molecule has 0 unspecified atom stereocenters. The Hall–Kier alpha value is -2.86. The van der Waals surface area contributed by atoms with Crippen molar-refractivity contribution in [2.24, 2.45) is 0 Å². The summed E-state index contributed by atoms with van der Waals surface area (Å²) in [7, 11) is 1.62. The van der Waals surface area contributed by atoms with Crippen molar-refractivity contribution in [1.82, 2.24) is 10.2 Å². The summed E-state index contributed by atoms with van der Waals surface area (Å²) in [5.74, 6) is 0.531. The summed E-state index contributed by atoms with van der Waals surface area (Å²) in [6.45, 7) is 3.51. The minimum atomic E-state index is -0.705. The van der Waals surface area contributed by atoms with E-state index in [-0.39, 0.29) is 17.9 Å². The second kappa shape index (κ2) is 11.5. The molecule has 0 aliphatic carbocycles. The number of rotatable bonds is 10. The van der Waals surface area contributed by atoms with Crippen LogP contribution in [0.3, 0.4) is 0 Å². The van der Waals surface area contributed by atoms with Crippen molar-refractivity contribution >= 4 is 11.8 Å². The molecule has 0 radical (unpaired) electrons. The van der Waals surface area contributed by atoms with Gasteiger partial charge in [-0.25, -0.2) is 0 Å². The third-order valence-electron chi connectivity index (χ3n) is 5.50. The highest BCUT2D eigenvalue weighted by atomic mass is 16.5. The lowest BCUT2D eigenvalue weighted by molar-refractivity contribution is -0.141. The van der Waals surface area contributed by atoms with Crippen molar-refractivity contribution in [3.63, 3.8) is 0 Å². The number of benzene rings is 2. The molecule has 0 spiro atoms. The number of hydrogen-bond donors (Lipinski definition) is 1. The maximum absolute atomic E-state index is 13.4. The second-order valence-electron chi connectivity index (χ2n) is 7.81. The highest BCUT2D eigenvalue weighted by molar-refractivity contribution is 5.88. The van der Waals surface area contributed by atoms with Crippen LogP contribution in [0.1, 0.15) is 49.8 Å². The minimum Gasteiger partial charge on any atom is -0.497 e. The van der Waals surface area contributed by atoms with E-state index in [0.29, 0.717) is 19.5 Å². The van der Waals surface area contributed by atoms with E-state index < -0.39 is 6.04 Å². The molecule has 0 bridgehead atoms. The summed E-state index contributed by atoms with van der Waals surface area (Å²) >= 11 is 0. The molecule has 31 heavy (non-hydrogen) atoms. The first-order valence-corrected chi connectivity index (χ1v) is 11.0. The van der Waals surface area contributed by atoms with Crippen molar-refractivity contribution in [2.75, 3.05) is 20.3 Å². The molecule has 2 aromatic carbocycles. The van der Waals surface area contributed by atoms with Crippen molar-refractivity contribution in [3.8, 4) is 5.75 Å². The number of amides is 2. The van der Waals surface area contributed by atoms with E-state index in [4.69, 9.17) is 9.47 Å². The van der Waals surface area contributed by atoms with E-state index in [0.717, 1.165) is 42.7 Å². The van der Waals surface area contributed by atoms with Crippen molar-refractivity contribution < 1.29 is 19.1 Å². The van der Waals surface area contributed by atoms with Gasteiger partial charge in [0.1, 0.15) is 11.8 Å². The minimum absolute atomic E-state index is 0.0422. The monoisotopic (exact) mass is 424 g/mol. The van der Waals surface area contributed by atoms with Crippen LogP contribution in [0, 0.1) is 0 Å². The fourth-order valence-electron chi connectivity index (χ4n) is 3.83. The van der Waals surface area contributed by atoms with Crippen LogP contribution in [0.15, 0.2) is 54.6 Å². The van der Waals surface area contributed by atoms with E-state index in [9.17, 15) is 9.59 Å². The van der Waals surface area contributed by atoms with Gasteiger partial charge in [0.2, 0.25) is 11.8 Å². The molecule has 2 aromatic rings. The molecule has 2 atom stereocenters. The number of nitrogens with zero attached hydrogens (tertiary/aromatic N) is 1. The molecule has 1 heterocycles. The smallest absolute Gasteiger partial charge is 0.247 e. The van der Waals surface area contributed by atoms with Gasteiger partial charge in [-0.05, 0) is 42.5 Å². The molecule has 1 N–H and O–H groups in total. The van der Waals surface area contributed by atoms with Crippen molar-refractivity contribution in [2.45, 2.75) is 51.3 Å². The second-order valence-corrected chi connectivity index (χ2v) is 7.81. The molecule has 3 rings (SSSR count). The Kier molecular flexibility index (Phi) is 8.47. The molecule has 1 fully saturated rings. The van der Waals surface area contributed by atoms with Crippen molar-refractivity contribution in [1.29, 1.82) is 0 Å². The van der Waals surface area contributed by atoms with Crippen LogP contribution in [-0.2, 0) is 20.9 Å². The van der Waals surface area contributed by atoms with Gasteiger partial charge in [0.25, 0.3) is 0 Å². The van der Waals surface area contributed by atoms with Gasteiger partial charge in [0, 0.05) is 26.1 Å². The lowest BCUT2D eigenvalue weighted by atomic mass is 10.0. The highest BCUT2D eigenvalue weighted by Gasteiger charge is 2.31. The average molecular weight is 425 g/mol. The first-order valence-electron chi connectivity index (χ1n) is 11.0. The maximum atomic E-state index is 13.4. The van der Waals surface area contributed by atoms with E-state index in [2.05, 4.69) is 5.32 Å². The Bertz CT molecular complexity index is 832. The Balaban J connectivity index is 1.87. The van der Waals surface area contributed by atoms with Crippen LogP contribution < -0.4 is 10.1 Å². The molecule has 1 aliphatic heterocycles. The molecule has 1 saturated heterocycles. The summed E-state index contributed by atoms with van der Waals surface area (Å²) < 4.78 is 10.9. The number of methoxy groups -OCH3 is 1. The predicted octanol–water partition coefficient (Wildman–Crippen LogP) is 3.86. The molecular formula is C25H32N2O4. The van der Waals surface area contributed by atoms with Gasteiger partial charge < -0.3 is 19.7 Å². The zero-order chi connectivity index (χ0) is 22.1. The van der Waals surface area contributed by atoms with E-state index in [1.54, 1.807) is 12.0 Å². The Labute approximate surface area is 184 Å². The number of hydrogen-bond acceptors (Lipinski definition) is 4. The van der Waals surface area contributed by atoms with Gasteiger partial charge in [-0.1, -0.05) is 49.4 Å². The van der Waals surface area contributed by atoms with Crippen LogP contribution in [-0.4, -0.2) is 43.1 Å². The SMILES string of the molecule is CCCC(=O)N(Cc1ccc(OC)cc1)[C@H](C(=O)NC[C@@H]1CCCO1)c1ccccc1. The third kappa shape index (κ3) is 6.31. The number of nitrogens with one attached hydrogen (secondary N) is 1. The molecule has 0 saturated carbocycles. The van der Waals surface area contributed by atoms with Gasteiger partial charge in [-0.15, -0.1) is 0 Å². The van der Waals surface area contributed by atoms with Crippen LogP contribution in [0.4, 0.5) is 0 Å². The first-order chi connectivity index (χ1) is 15.1. The third-order valence-corrected chi connectivity index (χ3v) is 5.50. The molecule has 6 nitrogen and oxygen atoms in total. The molecule has 0 aromatic heterocycles. The zero-order valence-electron chi connectivity index (χ0n) is 18.4. The number of carbonyl (C=O) groups excluding carboxylic acids is 2. The van der Waals surface area contributed by atoms with Crippen molar-refractivity contribution in [3.05, 3.63) is 65.7 Å². The first kappa shape index (κ1) is 22.8. The summed E-state index contributed by atoms with van der Waals surface area (Å²) in [6.07, 6.45) is 3.11. The fraction of sp³-hybridized carbons (Fsp3) is 0.440. The fourth-order valence-corrected chi connectivity index (χ4v) is 3.83. The number of ether oxygens (including phenoxy) is 2. The summed E-state index contributed by atoms with van der Waals surface area (Å²) in [5.41, 5.74) is 1.74. The van der Waals surface area contributed by atoms with Crippen LogP contribution in [0.5, 0.6) is 5.75 Å². The van der Waals surface area contributed by atoms with Gasteiger partial charge in [-0.2, -0.15) is 0 Å². The zero-order valence-corrected chi connectivity index (χ0v) is 18.4. The Morgan fingerprint density at radius 3 is 2.52 bits per heavy atom. The lowest BCUT2D eigenvalue weighted by Crippen LogP contribution is -2.45. The normalized spacial score (nSPS) is 16.5. The maximum Gasteiger partial charge on any atom is 0.247 e.